The molecule has 3 saturated carbocycles. The molecule has 17 nitrogen and oxygen atoms in total. The van der Waals surface area contributed by atoms with Crippen molar-refractivity contribution < 1.29 is 80.9 Å². The monoisotopic (exact) mass is 1030 g/mol. The highest BCUT2D eigenvalue weighted by Crippen LogP contribution is 2.64. The number of benzene rings is 3. The predicted octanol–water partition coefficient (Wildman–Crippen LogP) is 7.86. The summed E-state index contributed by atoms with van der Waals surface area (Å²) >= 11 is 0. The molecule has 2 heterocycles. The molecule has 75 heavy (non-hydrogen) atoms. The van der Waals surface area contributed by atoms with Gasteiger partial charge >= 0.3 is 35.8 Å². The molecule has 0 bridgehead atoms. The summed E-state index contributed by atoms with van der Waals surface area (Å²) in [6, 6.07) is 24.4. The second-order valence-corrected chi connectivity index (χ2v) is 21.2. The summed E-state index contributed by atoms with van der Waals surface area (Å²) < 4.78 is 62.4. The largest absolute Gasteiger partial charge is 0.456 e. The third-order valence-corrected chi connectivity index (χ3v) is 16.5. The molecule has 0 amide bonds. The SMILES string of the molecule is CC(=O)O[C@@H]1[C@@H](OC(C)=O)[C@H](C)O[C@@H](OC[C@H]2O[C@@H](O[C@H]3CC[C@@]4(C)C(=CC[C@@H]5[C@@H]4CC[C@]4(C)C(=O)CC[C@@H]54)C3)[C@H](OC(=O)c3ccccc3)[C@@H](OC(=O)c3ccccc3)[C@@H]2OC(=O)c2ccccc2)[C@@H]1OC(C)=O. The van der Waals surface area contributed by atoms with Gasteiger partial charge in [-0.2, -0.15) is 0 Å². The first-order valence-corrected chi connectivity index (χ1v) is 26.0. The Kier molecular flexibility index (Phi) is 16.1. The topological polar surface area (TPSA) is 212 Å². The van der Waals surface area contributed by atoms with Crippen LogP contribution in [0.25, 0.3) is 0 Å². The van der Waals surface area contributed by atoms with Gasteiger partial charge in [-0.25, -0.2) is 14.4 Å². The summed E-state index contributed by atoms with van der Waals surface area (Å²) in [5.74, 6) is -3.27. The number of Topliss-reactive ketones (excluding diaryl/α,β-unsaturated/α-hetero) is 1. The van der Waals surface area contributed by atoms with Crippen LogP contribution in [0.2, 0.25) is 0 Å². The van der Waals surface area contributed by atoms with Crippen LogP contribution in [0.1, 0.15) is 124 Å². The lowest BCUT2D eigenvalue weighted by molar-refractivity contribution is -0.333. The fourth-order valence-electron chi connectivity index (χ4n) is 12.8. The molecule has 5 fully saturated rings. The maximum absolute atomic E-state index is 14.4. The van der Waals surface area contributed by atoms with Crippen LogP contribution in [0.3, 0.4) is 0 Å². The number of ketones is 1. The molecule has 3 aromatic carbocycles. The van der Waals surface area contributed by atoms with E-state index in [2.05, 4.69) is 19.9 Å². The van der Waals surface area contributed by atoms with Gasteiger partial charge in [-0.1, -0.05) is 80.1 Å². The summed E-state index contributed by atoms with van der Waals surface area (Å²) in [5, 5.41) is 0. The van der Waals surface area contributed by atoms with Gasteiger partial charge in [0.1, 0.15) is 11.9 Å². The molecular formula is C58H66O17. The average Bonchev–Trinajstić information content (AvgIpc) is 3.71. The van der Waals surface area contributed by atoms with Crippen LogP contribution in [-0.4, -0.2) is 116 Å². The van der Waals surface area contributed by atoms with Gasteiger partial charge in [-0.05, 0) is 111 Å². The first kappa shape index (κ1) is 53.6. The molecule has 3 aromatic rings. The van der Waals surface area contributed by atoms with Gasteiger partial charge in [-0.15, -0.1) is 0 Å². The van der Waals surface area contributed by atoms with Gasteiger partial charge in [0.05, 0.1) is 35.5 Å². The van der Waals surface area contributed by atoms with E-state index >= 15 is 0 Å². The zero-order valence-corrected chi connectivity index (χ0v) is 43.1. The summed E-state index contributed by atoms with van der Waals surface area (Å²) in [7, 11) is 0. The number of fused-ring (bicyclic) bond motifs is 5. The van der Waals surface area contributed by atoms with Gasteiger partial charge in [0, 0.05) is 32.6 Å². The van der Waals surface area contributed by atoms with Crippen LogP contribution in [0.15, 0.2) is 103 Å². The Morgan fingerprint density at radius 3 is 1.61 bits per heavy atom. The lowest BCUT2D eigenvalue weighted by Crippen LogP contribution is -2.65. The Bertz CT molecular complexity index is 2620. The van der Waals surface area contributed by atoms with E-state index in [4.69, 9.17) is 47.4 Å². The van der Waals surface area contributed by atoms with Gasteiger partial charge in [0.25, 0.3) is 0 Å². The standard InChI is InChI=1S/C58H66O17/c1-32-46(68-33(2)59)48(69-34(3)60)50(70-35(4)61)55(67-32)66-31-44-47(73-52(63)36-16-10-7-11-17-36)49(74-53(64)37-18-12-8-13-19-37)51(75-54(65)38-20-14-9-15-21-38)56(72-44)71-40-26-28-57(5)39(30-40)22-23-41-42-24-25-45(62)58(42,6)29-27-43(41)57/h7-22,32,40-44,46-51,55-56H,23-31H2,1-6H3/t32-,40-,41-,42-,43-,44+,46-,47+,48+,49-,50+,51+,55+,56+,57-,58-/m0/s1. The van der Waals surface area contributed by atoms with Crippen LogP contribution in [0, 0.1) is 28.6 Å². The summed E-state index contributed by atoms with van der Waals surface area (Å²) in [6.45, 7) is 8.95. The van der Waals surface area contributed by atoms with Crippen LogP contribution in [0.4, 0.5) is 0 Å². The smallest absolute Gasteiger partial charge is 0.338 e. The minimum Gasteiger partial charge on any atom is -0.456 e. The molecule has 6 aliphatic rings. The zero-order chi connectivity index (χ0) is 53.2. The number of allylic oxidation sites excluding steroid dienone is 1. The number of esters is 6. The maximum atomic E-state index is 14.4. The molecule has 16 atom stereocenters. The Morgan fingerprint density at radius 2 is 1.04 bits per heavy atom. The summed E-state index contributed by atoms with van der Waals surface area (Å²) in [4.78, 5) is 93.6. The molecule has 9 rings (SSSR count). The average molecular weight is 1040 g/mol. The van der Waals surface area contributed by atoms with Crippen LogP contribution < -0.4 is 0 Å². The zero-order valence-electron chi connectivity index (χ0n) is 43.1. The summed E-state index contributed by atoms with van der Waals surface area (Å²) in [6.07, 6.45) is -6.41. The van der Waals surface area contributed by atoms with Crippen molar-refractivity contribution in [2.24, 2.45) is 28.6 Å². The number of ether oxygens (including phenoxy) is 10. The fraction of sp³-hybridized carbons (Fsp3) is 0.534. The van der Waals surface area contributed by atoms with Crippen molar-refractivity contribution in [2.45, 2.75) is 160 Å². The number of carbonyl (C=O) groups excluding carboxylic acids is 7. The minimum atomic E-state index is -1.63. The summed E-state index contributed by atoms with van der Waals surface area (Å²) in [5.41, 5.74) is 1.28. The predicted molar refractivity (Wildman–Crippen MR) is 264 cm³/mol. The lowest BCUT2D eigenvalue weighted by atomic mass is 9.48. The van der Waals surface area contributed by atoms with Crippen molar-refractivity contribution in [1.29, 1.82) is 0 Å². The molecule has 17 heteroatoms. The molecule has 0 spiro atoms. The van der Waals surface area contributed by atoms with E-state index in [0.717, 1.165) is 46.0 Å². The lowest BCUT2D eigenvalue weighted by Gasteiger charge is -2.57. The molecule has 4 aliphatic carbocycles. The number of hydrogen-bond acceptors (Lipinski definition) is 17. The van der Waals surface area contributed by atoms with E-state index in [1.807, 2.05) is 0 Å². The van der Waals surface area contributed by atoms with E-state index in [-0.39, 0.29) is 27.5 Å². The highest BCUT2D eigenvalue weighted by Gasteiger charge is 2.60. The van der Waals surface area contributed by atoms with Gasteiger partial charge in [0.15, 0.2) is 49.2 Å². The second-order valence-electron chi connectivity index (χ2n) is 21.2. The van der Waals surface area contributed by atoms with Gasteiger partial charge in [0.2, 0.25) is 0 Å². The first-order valence-electron chi connectivity index (χ1n) is 26.0. The molecule has 2 aliphatic heterocycles. The molecule has 0 aromatic heterocycles. The van der Waals surface area contributed by atoms with Gasteiger partial charge < -0.3 is 47.4 Å². The highest BCUT2D eigenvalue weighted by atomic mass is 16.8. The van der Waals surface area contributed by atoms with E-state index in [9.17, 15) is 33.6 Å². The van der Waals surface area contributed by atoms with Crippen molar-refractivity contribution in [1.82, 2.24) is 0 Å². The first-order chi connectivity index (χ1) is 35.9. The van der Waals surface area contributed by atoms with E-state index < -0.39 is 110 Å². The Hall–Kier alpha value is -6.27. The Morgan fingerprint density at radius 1 is 0.560 bits per heavy atom. The second kappa shape index (κ2) is 22.5. The van der Waals surface area contributed by atoms with Gasteiger partial charge in [-0.3, -0.25) is 19.2 Å². The Labute approximate surface area is 436 Å². The van der Waals surface area contributed by atoms with E-state index in [1.165, 1.54) is 24.6 Å². The molecule has 0 N–H and O–H groups in total. The minimum absolute atomic E-state index is 0.136. The highest BCUT2D eigenvalue weighted by molar-refractivity contribution is 5.91. The normalized spacial score (nSPS) is 35.0. The van der Waals surface area contributed by atoms with Crippen LogP contribution >= 0.6 is 0 Å². The van der Waals surface area contributed by atoms with Crippen molar-refractivity contribution in [3.63, 3.8) is 0 Å². The number of hydrogen-bond donors (Lipinski definition) is 0. The quantitative estimate of drug-likeness (QED) is 0.0854. The third kappa shape index (κ3) is 11.3. The van der Waals surface area contributed by atoms with E-state index in [1.54, 1.807) is 85.8 Å². The van der Waals surface area contributed by atoms with E-state index in [0.29, 0.717) is 42.8 Å². The molecule has 0 radical (unpaired) electrons. The molecule has 2 saturated heterocycles. The fourth-order valence-corrected chi connectivity index (χ4v) is 12.8. The van der Waals surface area contributed by atoms with Crippen molar-refractivity contribution in [2.75, 3.05) is 6.61 Å². The Balaban J connectivity index is 1.09. The van der Waals surface area contributed by atoms with Crippen molar-refractivity contribution in [3.05, 3.63) is 119 Å². The maximum Gasteiger partial charge on any atom is 0.338 e. The van der Waals surface area contributed by atoms with Crippen LogP contribution in [0.5, 0.6) is 0 Å². The molecule has 400 valence electrons. The van der Waals surface area contributed by atoms with Crippen molar-refractivity contribution >= 4 is 41.6 Å². The molecule has 0 unspecified atom stereocenters. The number of carbonyl (C=O) groups is 7. The van der Waals surface area contributed by atoms with Crippen LogP contribution in [-0.2, 0) is 66.5 Å². The molecular weight excluding hydrogens is 969 g/mol. The van der Waals surface area contributed by atoms with Crippen molar-refractivity contribution in [3.8, 4) is 0 Å². The third-order valence-electron chi connectivity index (χ3n) is 16.5. The number of rotatable bonds is 14.